The van der Waals surface area contributed by atoms with Crippen LogP contribution in [0.4, 0.5) is 9.80 Å². The number of rotatable bonds is 3. The number of carbonyl (C=O) groups is 3. The van der Waals surface area contributed by atoms with Gasteiger partial charge in [-0.15, -0.1) is 11.3 Å². The van der Waals surface area contributed by atoms with Gasteiger partial charge in [0.1, 0.15) is 5.00 Å². The number of nitrogens with zero attached hydrogens (tertiary/aromatic N) is 1. The third-order valence-corrected chi connectivity index (χ3v) is 5.60. The first-order valence-electron chi connectivity index (χ1n) is 8.42. The molecule has 1 aromatic carbocycles. The quantitative estimate of drug-likeness (QED) is 0.870. The van der Waals surface area contributed by atoms with Crippen molar-refractivity contribution in [1.82, 2.24) is 10.2 Å². The van der Waals surface area contributed by atoms with Crippen LogP contribution in [0.1, 0.15) is 43.1 Å². The summed E-state index contributed by atoms with van der Waals surface area (Å²) in [6.07, 6.45) is 2.65. The molecule has 1 aliphatic carbocycles. The molecule has 0 radical (unpaired) electrons. The van der Waals surface area contributed by atoms with Gasteiger partial charge >= 0.3 is 6.03 Å². The van der Waals surface area contributed by atoms with Gasteiger partial charge in [-0.2, -0.15) is 0 Å². The maximum Gasteiger partial charge on any atom is 0.323 e. The van der Waals surface area contributed by atoms with E-state index in [0.717, 1.165) is 35.3 Å². The fourth-order valence-corrected chi connectivity index (χ4v) is 4.28. The van der Waals surface area contributed by atoms with Gasteiger partial charge in [0.15, 0.2) is 0 Å². The highest BCUT2D eigenvalue weighted by Gasteiger charge is 2.28. The lowest BCUT2D eigenvalue weighted by Gasteiger charge is -2.13. The molecule has 0 saturated carbocycles. The van der Waals surface area contributed by atoms with Crippen LogP contribution in [0.5, 0.6) is 0 Å². The highest BCUT2D eigenvalue weighted by atomic mass is 32.1. The van der Waals surface area contributed by atoms with Crippen molar-refractivity contribution in [1.29, 1.82) is 0 Å². The van der Waals surface area contributed by atoms with Crippen molar-refractivity contribution in [3.8, 4) is 0 Å². The van der Waals surface area contributed by atoms with Crippen LogP contribution < -0.4 is 10.6 Å². The largest absolute Gasteiger partial charge is 0.331 e. The number of amides is 4. The number of anilines is 1. The number of carbonyl (C=O) groups excluding carboxylic acids is 3. The van der Waals surface area contributed by atoms with Crippen LogP contribution >= 0.6 is 11.3 Å². The first kappa shape index (κ1) is 18.1. The Labute approximate surface area is 156 Å². The van der Waals surface area contributed by atoms with Gasteiger partial charge in [-0.25, -0.2) is 4.79 Å². The summed E-state index contributed by atoms with van der Waals surface area (Å²) in [6.45, 7) is 1.87. The van der Waals surface area contributed by atoms with Crippen molar-refractivity contribution in [3.05, 3.63) is 51.4 Å². The molecule has 6 nitrogen and oxygen atoms in total. The highest BCUT2D eigenvalue weighted by molar-refractivity contribution is 7.17. The standard InChI is InChI=1S/C19H21N3O3S/c1-11-7-4-5-8-12(11)16(23)20-18-15(13-9-6-10-14(13)26-18)17(24)21-19(25)22(2)3/h4-5,7-8H,6,9-10H2,1-3H3,(H,20,23)(H,21,24,25). The van der Waals surface area contributed by atoms with Crippen LogP contribution in [-0.4, -0.2) is 36.8 Å². The Balaban J connectivity index is 1.91. The van der Waals surface area contributed by atoms with Crippen molar-refractivity contribution in [3.63, 3.8) is 0 Å². The average Bonchev–Trinajstić information content (AvgIpc) is 3.15. The van der Waals surface area contributed by atoms with Gasteiger partial charge in [0.2, 0.25) is 0 Å². The van der Waals surface area contributed by atoms with Gasteiger partial charge in [-0.05, 0) is 43.4 Å². The van der Waals surface area contributed by atoms with E-state index in [2.05, 4.69) is 10.6 Å². The van der Waals surface area contributed by atoms with E-state index in [1.54, 1.807) is 26.2 Å². The van der Waals surface area contributed by atoms with Crippen LogP contribution in [-0.2, 0) is 12.8 Å². The minimum atomic E-state index is -0.482. The Morgan fingerprint density at radius 3 is 2.50 bits per heavy atom. The van der Waals surface area contributed by atoms with Crippen molar-refractivity contribution >= 4 is 34.2 Å². The third-order valence-electron chi connectivity index (χ3n) is 4.39. The summed E-state index contributed by atoms with van der Waals surface area (Å²) in [5.41, 5.74) is 2.79. The van der Waals surface area contributed by atoms with E-state index in [4.69, 9.17) is 0 Å². The van der Waals surface area contributed by atoms with Gasteiger partial charge in [0.05, 0.1) is 5.56 Å². The topological polar surface area (TPSA) is 78.5 Å². The van der Waals surface area contributed by atoms with Crippen LogP contribution in [0.3, 0.4) is 0 Å². The van der Waals surface area contributed by atoms with Gasteiger partial charge in [-0.3, -0.25) is 14.9 Å². The van der Waals surface area contributed by atoms with E-state index in [-0.39, 0.29) is 5.91 Å². The molecule has 1 aliphatic rings. The molecular formula is C19H21N3O3S. The predicted molar refractivity (Wildman–Crippen MR) is 102 cm³/mol. The molecule has 4 amide bonds. The number of fused-ring (bicyclic) bond motifs is 1. The molecule has 0 bridgehead atoms. The zero-order valence-corrected chi connectivity index (χ0v) is 15.8. The Morgan fingerprint density at radius 1 is 1.08 bits per heavy atom. The molecule has 0 aliphatic heterocycles. The Kier molecular flexibility index (Phi) is 5.08. The van der Waals surface area contributed by atoms with Crippen LogP contribution in [0.2, 0.25) is 0 Å². The molecular weight excluding hydrogens is 350 g/mol. The lowest BCUT2D eigenvalue weighted by atomic mass is 10.1. The number of benzene rings is 1. The first-order valence-corrected chi connectivity index (χ1v) is 9.24. The molecule has 0 saturated heterocycles. The lowest BCUT2D eigenvalue weighted by Crippen LogP contribution is -2.39. The molecule has 0 spiro atoms. The van der Waals surface area contributed by atoms with Gasteiger partial charge in [0.25, 0.3) is 11.8 Å². The molecule has 7 heteroatoms. The average molecular weight is 371 g/mol. The molecule has 136 valence electrons. The molecule has 0 atom stereocenters. The van der Waals surface area contributed by atoms with E-state index >= 15 is 0 Å². The van der Waals surface area contributed by atoms with Crippen molar-refractivity contribution in [2.24, 2.45) is 0 Å². The molecule has 1 aromatic heterocycles. The molecule has 2 N–H and O–H groups in total. The van der Waals surface area contributed by atoms with Crippen molar-refractivity contribution < 1.29 is 14.4 Å². The maximum atomic E-state index is 12.7. The summed E-state index contributed by atoms with van der Waals surface area (Å²) in [4.78, 5) is 39.6. The first-order chi connectivity index (χ1) is 12.4. The summed E-state index contributed by atoms with van der Waals surface area (Å²) < 4.78 is 0. The lowest BCUT2D eigenvalue weighted by molar-refractivity contribution is 0.0957. The van der Waals surface area contributed by atoms with Crippen LogP contribution in [0.25, 0.3) is 0 Å². The number of thiophene rings is 1. The zero-order valence-electron chi connectivity index (χ0n) is 15.0. The molecule has 0 unspecified atom stereocenters. The van der Waals surface area contributed by atoms with Crippen molar-refractivity contribution in [2.45, 2.75) is 26.2 Å². The molecule has 0 fully saturated rings. The maximum absolute atomic E-state index is 12.7. The second kappa shape index (κ2) is 7.29. The minimum absolute atomic E-state index is 0.254. The van der Waals surface area contributed by atoms with E-state index < -0.39 is 11.9 Å². The third kappa shape index (κ3) is 3.48. The number of nitrogens with one attached hydrogen (secondary N) is 2. The van der Waals surface area contributed by atoms with Gasteiger partial charge in [0, 0.05) is 24.5 Å². The predicted octanol–water partition coefficient (Wildman–Crippen LogP) is 3.21. The Hall–Kier alpha value is -2.67. The number of imide groups is 1. The van der Waals surface area contributed by atoms with Gasteiger partial charge in [-0.1, -0.05) is 18.2 Å². The number of aryl methyl sites for hydroxylation is 2. The van der Waals surface area contributed by atoms with Crippen molar-refractivity contribution in [2.75, 3.05) is 19.4 Å². The summed E-state index contributed by atoms with van der Waals surface area (Å²) in [5, 5.41) is 5.76. The SMILES string of the molecule is Cc1ccccc1C(=O)Nc1sc2c(c1C(=O)NC(=O)N(C)C)CCC2. The number of hydrogen-bond acceptors (Lipinski definition) is 4. The Morgan fingerprint density at radius 2 is 1.81 bits per heavy atom. The fourth-order valence-electron chi connectivity index (χ4n) is 3.00. The monoisotopic (exact) mass is 371 g/mol. The van der Waals surface area contributed by atoms with Crippen LogP contribution in [0.15, 0.2) is 24.3 Å². The molecule has 26 heavy (non-hydrogen) atoms. The van der Waals surface area contributed by atoms with Crippen LogP contribution in [0, 0.1) is 6.92 Å². The summed E-state index contributed by atoms with van der Waals surface area (Å²) in [7, 11) is 3.14. The summed E-state index contributed by atoms with van der Waals surface area (Å²) in [5.74, 6) is -0.723. The smallest absolute Gasteiger partial charge is 0.323 e. The van der Waals surface area contributed by atoms with E-state index in [0.29, 0.717) is 16.1 Å². The van der Waals surface area contributed by atoms with Gasteiger partial charge < -0.3 is 10.2 Å². The second-order valence-electron chi connectivity index (χ2n) is 6.48. The Bertz CT molecular complexity index is 886. The summed E-state index contributed by atoms with van der Waals surface area (Å²) in [6, 6.07) is 6.81. The molecule has 1 heterocycles. The van der Waals surface area contributed by atoms with E-state index in [9.17, 15) is 14.4 Å². The highest BCUT2D eigenvalue weighted by Crippen LogP contribution is 2.39. The van der Waals surface area contributed by atoms with E-state index in [1.165, 1.54) is 16.2 Å². The van der Waals surface area contributed by atoms with E-state index in [1.807, 2.05) is 19.1 Å². The normalized spacial score (nSPS) is 12.4. The molecule has 3 rings (SSSR count). The number of hydrogen-bond donors (Lipinski definition) is 2. The second-order valence-corrected chi connectivity index (χ2v) is 7.59. The molecule has 2 aromatic rings. The number of urea groups is 1. The fraction of sp³-hybridized carbons (Fsp3) is 0.316. The minimum Gasteiger partial charge on any atom is -0.331 e. The summed E-state index contributed by atoms with van der Waals surface area (Å²) >= 11 is 1.42. The zero-order chi connectivity index (χ0) is 18.8.